The van der Waals surface area contributed by atoms with E-state index in [-0.39, 0.29) is 75.9 Å². The number of aliphatic imine (C=N–C) groups is 2. The molecule has 0 saturated carbocycles. The highest BCUT2D eigenvalue weighted by molar-refractivity contribution is 5.99. The van der Waals surface area contributed by atoms with Crippen molar-refractivity contribution in [3.05, 3.63) is 18.2 Å². The predicted molar refractivity (Wildman–Crippen MR) is 293 cm³/mol. The van der Waals surface area contributed by atoms with Gasteiger partial charge in [-0.05, 0) is 63.2 Å². The van der Waals surface area contributed by atoms with Crippen LogP contribution in [0.1, 0.15) is 97.6 Å². The summed E-state index contributed by atoms with van der Waals surface area (Å²) in [5, 5.41) is 39.2. The number of carboxylic acid groups (broad SMARTS) is 1. The summed E-state index contributed by atoms with van der Waals surface area (Å²) >= 11 is 0. The largest absolute Gasteiger partial charge is 0.481 e. The van der Waals surface area contributed by atoms with E-state index in [0.717, 1.165) is 0 Å². The molecule has 1 aromatic heterocycles. The van der Waals surface area contributed by atoms with Gasteiger partial charge in [-0.1, -0.05) is 27.7 Å². The van der Waals surface area contributed by atoms with E-state index in [0.29, 0.717) is 12.8 Å². The van der Waals surface area contributed by atoms with Crippen molar-refractivity contribution in [1.82, 2.24) is 57.4 Å². The molecular formula is C48H82N20O14. The number of carbonyl (C=O) groups is 12. The Kier molecular flexibility index (Phi) is 29.7. The third kappa shape index (κ3) is 24.4. The second-order valence-electron chi connectivity index (χ2n) is 20.0. The number of carboxylic acids is 1. The molecule has 0 spiro atoms. The smallest absolute Gasteiger partial charge is 0.303 e. The molecule has 11 amide bonds. The Bertz CT molecular complexity index is 2430. The van der Waals surface area contributed by atoms with Gasteiger partial charge in [-0.3, -0.25) is 67.5 Å². The minimum Gasteiger partial charge on any atom is -0.481 e. The zero-order valence-electron chi connectivity index (χ0n) is 46.4. The number of nitrogens with zero attached hydrogens (tertiary/aromatic N) is 4. The lowest BCUT2D eigenvalue weighted by Gasteiger charge is -2.30. The van der Waals surface area contributed by atoms with Gasteiger partial charge >= 0.3 is 5.97 Å². The van der Waals surface area contributed by atoms with Gasteiger partial charge in [0.1, 0.15) is 54.4 Å². The molecule has 2 heterocycles. The summed E-state index contributed by atoms with van der Waals surface area (Å²) in [6.45, 7) is 5.33. The number of hydrogen-bond acceptors (Lipinski definition) is 17. The van der Waals surface area contributed by atoms with Gasteiger partial charge in [-0.2, -0.15) is 0 Å². The molecule has 1 aliphatic rings. The highest BCUT2D eigenvalue weighted by atomic mass is 16.4. The lowest BCUT2D eigenvalue weighted by molar-refractivity contribution is -0.139. The average molecular weight is 1160 g/mol. The number of aliphatic hydroxyl groups excluding tert-OH is 1. The zero-order valence-corrected chi connectivity index (χ0v) is 46.4. The number of aliphatic carboxylic acids is 1. The molecular weight excluding hydrogens is 1080 g/mol. The van der Waals surface area contributed by atoms with Gasteiger partial charge in [0, 0.05) is 50.8 Å². The van der Waals surface area contributed by atoms with E-state index in [2.05, 4.69) is 62.5 Å². The third-order valence-corrected chi connectivity index (χ3v) is 12.7. The van der Waals surface area contributed by atoms with Crippen LogP contribution < -0.4 is 82.7 Å². The quantitative estimate of drug-likeness (QED) is 0.0167. The van der Waals surface area contributed by atoms with Crippen LogP contribution in [0, 0.1) is 11.8 Å². The number of hydrogen-bond donors (Lipinski definition) is 18. The second-order valence-corrected chi connectivity index (χ2v) is 20.0. The van der Waals surface area contributed by atoms with Crippen LogP contribution in [0.4, 0.5) is 0 Å². The van der Waals surface area contributed by atoms with Gasteiger partial charge in [0.2, 0.25) is 65.0 Å². The molecule has 9 atom stereocenters. The first-order chi connectivity index (χ1) is 38.6. The summed E-state index contributed by atoms with van der Waals surface area (Å²) < 4.78 is 0. The van der Waals surface area contributed by atoms with E-state index in [1.165, 1.54) is 17.4 Å². The van der Waals surface area contributed by atoms with Gasteiger partial charge in [-0.15, -0.1) is 0 Å². The maximum atomic E-state index is 14.3. The van der Waals surface area contributed by atoms with Crippen LogP contribution in [0.3, 0.4) is 0 Å². The fourth-order valence-corrected chi connectivity index (χ4v) is 8.31. The average Bonchev–Trinajstić information content (AvgIpc) is 4.12. The maximum Gasteiger partial charge on any atom is 0.303 e. The number of guanidine groups is 2. The van der Waals surface area contributed by atoms with E-state index in [1.54, 1.807) is 27.7 Å². The standard InChI is InChI=1S/C48H82N20O14/c1-23(2)36(67-46(82)37(24(3)4)66-42(78)27(9-6-16-58-48(54)55)62-44(80)32-10-7-17-68(32)34(71)19-49)45(81)63-29(12-14-35(72)73)40(76)60-26(8-5-15-57-47(52)53)39(75)64-30(18-25-20-56-22-59-25)43(79)61-28(11-13-33(50)70)41(77)65-31(21-69)38(51)74/h20,22-24,26-32,36-37,69H,5-19,21,49H2,1-4H3,(H2,50,70)(H2,51,74)(H,56,59)(H,60,76)(H,61,79)(H,62,80)(H,63,81)(H,64,75)(H,65,77)(H,66,78)(H,67,82)(H,72,73)(H4,52,53,57)(H4,54,55,58)/t26-,27-,28-,29-,30-,31-,32-,36-,37-/m0/s1. The number of primary amides is 2. The molecule has 1 aromatic rings. The van der Waals surface area contributed by atoms with Crippen LogP contribution in [0.2, 0.25) is 0 Å². The SMILES string of the molecule is CC(C)[C@H](NC(=O)[C@H](CCCN=C(N)N)NC(=O)[C@@H]1CCCN1C(=O)CN)C(=O)N[C@H](C(=O)N[C@@H](CCC(=O)O)C(=O)N[C@@H](CCCN=C(N)N)C(=O)N[C@@H](Cc1cnc[nH]1)C(=O)N[C@@H](CCC(N)=O)C(=O)N[C@@H](CO)C(N)=O)C(C)C. The second kappa shape index (κ2) is 35.1. The highest BCUT2D eigenvalue weighted by Crippen LogP contribution is 2.18. The number of H-pyrrole nitrogens is 1. The first-order valence-electron chi connectivity index (χ1n) is 26.5. The Hall–Kier alpha value is -8.69. The van der Waals surface area contributed by atoms with E-state index in [4.69, 9.17) is 40.1 Å². The number of imidazole rings is 1. The number of amides is 11. The number of likely N-dealkylation sites (tertiary alicyclic amines) is 1. The lowest BCUT2D eigenvalue weighted by Crippen LogP contribution is -2.62. The van der Waals surface area contributed by atoms with Gasteiger partial charge in [0.25, 0.3) is 0 Å². The summed E-state index contributed by atoms with van der Waals surface area (Å²) in [6.07, 6.45) is 0.922. The number of aliphatic hydroxyl groups is 1. The van der Waals surface area contributed by atoms with Crippen LogP contribution in [-0.4, -0.2) is 195 Å². The van der Waals surface area contributed by atoms with Crippen LogP contribution in [0.5, 0.6) is 0 Å². The number of carbonyl (C=O) groups excluding carboxylic acids is 11. The monoisotopic (exact) mass is 1160 g/mol. The predicted octanol–water partition coefficient (Wildman–Crippen LogP) is -8.19. The fourth-order valence-electron chi connectivity index (χ4n) is 8.31. The molecule has 2 rings (SSSR count). The normalized spacial score (nSPS) is 15.8. The molecule has 25 N–H and O–H groups in total. The molecule has 0 unspecified atom stereocenters. The Balaban J connectivity index is 2.48. The molecule has 1 fully saturated rings. The van der Waals surface area contributed by atoms with E-state index >= 15 is 0 Å². The topological polar surface area (TPSA) is 580 Å². The Labute approximate surface area is 472 Å². The zero-order chi connectivity index (χ0) is 61.8. The van der Waals surface area contributed by atoms with Crippen molar-refractivity contribution in [1.29, 1.82) is 0 Å². The van der Waals surface area contributed by atoms with Crippen molar-refractivity contribution >= 4 is 82.9 Å². The molecule has 82 heavy (non-hydrogen) atoms. The molecule has 1 aliphatic heterocycles. The molecule has 0 bridgehead atoms. The summed E-state index contributed by atoms with van der Waals surface area (Å²) in [6, 6.07) is -13.0. The summed E-state index contributed by atoms with van der Waals surface area (Å²) in [4.78, 5) is 176. The number of aromatic amines is 1. The van der Waals surface area contributed by atoms with Crippen molar-refractivity contribution in [2.75, 3.05) is 32.8 Å². The number of rotatable bonds is 37. The number of nitrogens with two attached hydrogens (primary N) is 7. The Morgan fingerprint density at radius 2 is 1.06 bits per heavy atom. The van der Waals surface area contributed by atoms with Crippen LogP contribution >= 0.6 is 0 Å². The first kappa shape index (κ1) is 69.4. The molecule has 0 aromatic carbocycles. The van der Waals surface area contributed by atoms with Crippen LogP contribution in [-0.2, 0) is 64.0 Å². The molecule has 34 heteroatoms. The number of nitrogens with one attached hydrogen (secondary N) is 9. The third-order valence-electron chi connectivity index (χ3n) is 12.7. The van der Waals surface area contributed by atoms with E-state index < -0.39 is 169 Å². The van der Waals surface area contributed by atoms with Gasteiger partial charge in [0.15, 0.2) is 11.9 Å². The summed E-state index contributed by atoms with van der Waals surface area (Å²) in [7, 11) is 0. The van der Waals surface area contributed by atoms with E-state index in [9.17, 15) is 67.7 Å². The van der Waals surface area contributed by atoms with Crippen molar-refractivity contribution in [3.63, 3.8) is 0 Å². The van der Waals surface area contributed by atoms with Gasteiger partial charge < -0.3 is 103 Å². The van der Waals surface area contributed by atoms with Crippen molar-refractivity contribution in [2.45, 2.75) is 153 Å². The van der Waals surface area contributed by atoms with Crippen molar-refractivity contribution in [3.8, 4) is 0 Å². The van der Waals surface area contributed by atoms with Crippen molar-refractivity contribution < 1.29 is 67.7 Å². The lowest BCUT2D eigenvalue weighted by atomic mass is 9.98. The molecule has 1 saturated heterocycles. The van der Waals surface area contributed by atoms with E-state index in [1.807, 2.05) is 0 Å². The minimum absolute atomic E-state index is 0.0100. The molecule has 0 radical (unpaired) electrons. The van der Waals surface area contributed by atoms with Crippen LogP contribution in [0.25, 0.3) is 0 Å². The fraction of sp³-hybridized carbons (Fsp3) is 0.646. The molecule has 34 nitrogen and oxygen atoms in total. The molecule has 458 valence electrons. The van der Waals surface area contributed by atoms with Gasteiger partial charge in [0.05, 0.1) is 19.5 Å². The summed E-state index contributed by atoms with van der Waals surface area (Å²) in [5.41, 5.74) is 38.3. The first-order valence-corrected chi connectivity index (χ1v) is 26.5. The highest BCUT2D eigenvalue weighted by Gasteiger charge is 2.39. The maximum absolute atomic E-state index is 14.3. The molecule has 0 aliphatic carbocycles. The Morgan fingerprint density at radius 1 is 0.622 bits per heavy atom. The van der Waals surface area contributed by atoms with Gasteiger partial charge in [-0.25, -0.2) is 4.98 Å². The van der Waals surface area contributed by atoms with Crippen molar-refractivity contribution in [2.24, 2.45) is 62.0 Å². The summed E-state index contributed by atoms with van der Waals surface area (Å²) in [5.74, 6) is -13.2. The Morgan fingerprint density at radius 3 is 1.51 bits per heavy atom. The van der Waals surface area contributed by atoms with Crippen LogP contribution in [0.15, 0.2) is 22.5 Å². The minimum atomic E-state index is -1.70. The number of aromatic nitrogens is 2.